The molecule has 80 valence electrons. The Morgan fingerprint density at radius 1 is 1.60 bits per heavy atom. The molecule has 0 radical (unpaired) electrons. The molecule has 0 aliphatic heterocycles. The van der Waals surface area contributed by atoms with Gasteiger partial charge in [0.1, 0.15) is 5.76 Å². The molecule has 0 saturated heterocycles. The Balaban J connectivity index is 2.01. The maximum Gasteiger partial charge on any atom is 0.213 e. The molecule has 15 heavy (non-hydrogen) atoms. The summed E-state index contributed by atoms with van der Waals surface area (Å²) in [6, 6.07) is 0. The minimum atomic E-state index is 0.481. The first-order valence-electron chi connectivity index (χ1n) is 4.59. The molecule has 0 saturated carbocycles. The van der Waals surface area contributed by atoms with E-state index in [0.717, 1.165) is 5.76 Å². The third-order valence-corrected chi connectivity index (χ3v) is 1.93. The summed E-state index contributed by atoms with van der Waals surface area (Å²) < 4.78 is 6.95. The summed E-state index contributed by atoms with van der Waals surface area (Å²) in [5, 5.41) is 7.19. The molecule has 2 heterocycles. The molecule has 0 bridgehead atoms. The fourth-order valence-electron chi connectivity index (χ4n) is 1.29. The highest BCUT2D eigenvalue weighted by Crippen LogP contribution is 2.15. The molecule has 6 nitrogen and oxygen atoms in total. The number of nitrogens with zero attached hydrogens (tertiary/aromatic N) is 3. The lowest BCUT2D eigenvalue weighted by Crippen LogP contribution is -2.02. The van der Waals surface area contributed by atoms with Crippen molar-refractivity contribution < 1.29 is 4.42 Å². The molecule has 0 atom stereocenters. The van der Waals surface area contributed by atoms with Gasteiger partial charge in [-0.2, -0.15) is 5.10 Å². The zero-order valence-corrected chi connectivity index (χ0v) is 8.69. The number of rotatable bonds is 3. The van der Waals surface area contributed by atoms with Gasteiger partial charge in [-0.3, -0.25) is 4.68 Å². The average molecular weight is 207 g/mol. The van der Waals surface area contributed by atoms with Crippen LogP contribution < -0.4 is 11.1 Å². The van der Waals surface area contributed by atoms with Crippen LogP contribution in [0.25, 0.3) is 0 Å². The Morgan fingerprint density at radius 3 is 2.93 bits per heavy atom. The molecular formula is C9H13N5O. The molecule has 0 spiro atoms. The maximum atomic E-state index is 5.71. The smallest absolute Gasteiger partial charge is 0.213 e. The first kappa shape index (κ1) is 9.57. The largest absolute Gasteiger partial charge is 0.444 e. The minimum absolute atomic E-state index is 0.481. The third kappa shape index (κ3) is 2.09. The van der Waals surface area contributed by atoms with E-state index in [4.69, 9.17) is 10.2 Å². The van der Waals surface area contributed by atoms with Gasteiger partial charge in [0.25, 0.3) is 0 Å². The van der Waals surface area contributed by atoms with Crippen LogP contribution in [0.3, 0.4) is 0 Å². The number of aromatic nitrogens is 3. The fraction of sp³-hybridized carbons (Fsp3) is 0.333. The van der Waals surface area contributed by atoms with Crippen LogP contribution in [0.5, 0.6) is 0 Å². The molecular weight excluding hydrogens is 194 g/mol. The molecule has 2 aromatic heterocycles. The fourth-order valence-corrected chi connectivity index (χ4v) is 1.29. The zero-order valence-electron chi connectivity index (χ0n) is 8.69. The Morgan fingerprint density at radius 2 is 2.40 bits per heavy atom. The third-order valence-electron chi connectivity index (χ3n) is 1.93. The van der Waals surface area contributed by atoms with E-state index in [1.807, 2.05) is 14.0 Å². The number of hydrogen-bond donors (Lipinski definition) is 2. The van der Waals surface area contributed by atoms with Crippen molar-refractivity contribution in [3.05, 3.63) is 24.0 Å². The number of anilines is 2. The zero-order chi connectivity index (χ0) is 10.8. The van der Waals surface area contributed by atoms with Crippen molar-refractivity contribution in [2.45, 2.75) is 13.5 Å². The highest BCUT2D eigenvalue weighted by Gasteiger charge is 2.05. The lowest BCUT2D eigenvalue weighted by atomic mass is 10.5. The Bertz CT molecular complexity index is 459. The molecule has 6 heteroatoms. The SMILES string of the molecule is Cc1cnc(CNc2nn(C)cc2N)o1. The Hall–Kier alpha value is -1.98. The van der Waals surface area contributed by atoms with E-state index in [2.05, 4.69) is 15.4 Å². The Labute approximate surface area is 87.1 Å². The van der Waals surface area contributed by atoms with E-state index in [-0.39, 0.29) is 0 Å². The predicted molar refractivity (Wildman–Crippen MR) is 56.2 cm³/mol. The lowest BCUT2D eigenvalue weighted by molar-refractivity contribution is 0.478. The molecule has 0 aliphatic carbocycles. The second-order valence-corrected chi connectivity index (χ2v) is 3.32. The lowest BCUT2D eigenvalue weighted by Gasteiger charge is -1.99. The van der Waals surface area contributed by atoms with Crippen molar-refractivity contribution in [3.63, 3.8) is 0 Å². The summed E-state index contributed by atoms with van der Waals surface area (Å²) in [6.45, 7) is 2.33. The van der Waals surface area contributed by atoms with Gasteiger partial charge in [0.15, 0.2) is 5.82 Å². The standard InChI is InChI=1S/C9H13N5O/c1-6-3-11-8(15-6)4-12-9-7(10)5-14(2)13-9/h3,5H,4,10H2,1-2H3,(H,12,13). The van der Waals surface area contributed by atoms with Crippen molar-refractivity contribution in [1.29, 1.82) is 0 Å². The first-order chi connectivity index (χ1) is 7.15. The number of nitrogen functional groups attached to an aromatic ring is 1. The Kier molecular flexibility index (Phi) is 2.32. The highest BCUT2D eigenvalue weighted by molar-refractivity contribution is 5.59. The van der Waals surface area contributed by atoms with Crippen LogP contribution in [0.15, 0.2) is 16.8 Å². The molecule has 0 aliphatic rings. The molecule has 2 aromatic rings. The van der Waals surface area contributed by atoms with Crippen LogP contribution in [0.2, 0.25) is 0 Å². The number of hydrogen-bond acceptors (Lipinski definition) is 5. The second kappa shape index (κ2) is 3.64. The van der Waals surface area contributed by atoms with E-state index in [0.29, 0.717) is 23.9 Å². The van der Waals surface area contributed by atoms with Gasteiger partial charge in [-0.25, -0.2) is 4.98 Å². The second-order valence-electron chi connectivity index (χ2n) is 3.32. The van der Waals surface area contributed by atoms with E-state index in [1.165, 1.54) is 0 Å². The van der Waals surface area contributed by atoms with E-state index in [9.17, 15) is 0 Å². The van der Waals surface area contributed by atoms with Gasteiger partial charge in [0.05, 0.1) is 18.4 Å². The summed E-state index contributed by atoms with van der Waals surface area (Å²) in [5.41, 5.74) is 6.33. The maximum absolute atomic E-state index is 5.71. The van der Waals surface area contributed by atoms with Gasteiger partial charge in [-0.15, -0.1) is 0 Å². The topological polar surface area (TPSA) is 81.9 Å². The van der Waals surface area contributed by atoms with E-state index < -0.39 is 0 Å². The van der Waals surface area contributed by atoms with Gasteiger partial charge in [0, 0.05) is 13.2 Å². The summed E-state index contributed by atoms with van der Waals surface area (Å²) >= 11 is 0. The van der Waals surface area contributed by atoms with Crippen LogP contribution in [-0.4, -0.2) is 14.8 Å². The highest BCUT2D eigenvalue weighted by atomic mass is 16.4. The van der Waals surface area contributed by atoms with Gasteiger partial charge in [-0.05, 0) is 6.92 Å². The summed E-state index contributed by atoms with van der Waals surface area (Å²) in [7, 11) is 1.82. The molecule has 0 amide bonds. The number of nitrogens with one attached hydrogen (secondary N) is 1. The number of oxazole rings is 1. The monoisotopic (exact) mass is 207 g/mol. The quantitative estimate of drug-likeness (QED) is 0.781. The van der Waals surface area contributed by atoms with Crippen LogP contribution in [0.1, 0.15) is 11.7 Å². The number of aryl methyl sites for hydroxylation is 2. The molecule has 0 aromatic carbocycles. The summed E-state index contributed by atoms with van der Waals surface area (Å²) in [5.74, 6) is 2.06. The van der Waals surface area contributed by atoms with Crippen LogP contribution in [-0.2, 0) is 13.6 Å². The minimum Gasteiger partial charge on any atom is -0.444 e. The van der Waals surface area contributed by atoms with Gasteiger partial charge >= 0.3 is 0 Å². The van der Waals surface area contributed by atoms with Gasteiger partial charge in [-0.1, -0.05) is 0 Å². The molecule has 0 fully saturated rings. The van der Waals surface area contributed by atoms with Crippen molar-refractivity contribution in [2.75, 3.05) is 11.1 Å². The van der Waals surface area contributed by atoms with Crippen LogP contribution >= 0.6 is 0 Å². The van der Waals surface area contributed by atoms with E-state index in [1.54, 1.807) is 17.1 Å². The van der Waals surface area contributed by atoms with Crippen molar-refractivity contribution in [3.8, 4) is 0 Å². The van der Waals surface area contributed by atoms with Crippen molar-refractivity contribution in [2.24, 2.45) is 7.05 Å². The van der Waals surface area contributed by atoms with Gasteiger partial charge in [0.2, 0.25) is 5.89 Å². The van der Waals surface area contributed by atoms with E-state index >= 15 is 0 Å². The van der Waals surface area contributed by atoms with Crippen LogP contribution in [0, 0.1) is 6.92 Å². The normalized spacial score (nSPS) is 10.5. The summed E-state index contributed by atoms with van der Waals surface area (Å²) in [4.78, 5) is 4.06. The van der Waals surface area contributed by atoms with Gasteiger partial charge < -0.3 is 15.5 Å². The van der Waals surface area contributed by atoms with Crippen LogP contribution in [0.4, 0.5) is 11.5 Å². The average Bonchev–Trinajstić information content (AvgIpc) is 2.70. The first-order valence-corrected chi connectivity index (χ1v) is 4.59. The molecule has 0 unspecified atom stereocenters. The van der Waals surface area contributed by atoms with Crippen molar-refractivity contribution in [1.82, 2.24) is 14.8 Å². The molecule has 3 N–H and O–H groups in total. The summed E-state index contributed by atoms with van der Waals surface area (Å²) in [6.07, 6.45) is 3.42. The molecule has 2 rings (SSSR count). The van der Waals surface area contributed by atoms with Crippen molar-refractivity contribution >= 4 is 11.5 Å². The number of nitrogens with two attached hydrogens (primary N) is 1. The predicted octanol–water partition coefficient (Wildman–Crippen LogP) is 0.911.